The second kappa shape index (κ2) is 4.95. The van der Waals surface area contributed by atoms with Crippen LogP contribution in [0.25, 0.3) is 11.0 Å². The first-order valence-corrected chi connectivity index (χ1v) is 7.19. The van der Waals surface area contributed by atoms with E-state index in [0.29, 0.717) is 16.7 Å². The summed E-state index contributed by atoms with van der Waals surface area (Å²) >= 11 is 0. The number of Topliss-reactive ketones (excluding diaryl/α,β-unsaturated/α-hetero) is 1. The number of carbonyl (C=O) groups is 1. The van der Waals surface area contributed by atoms with E-state index < -0.39 is 0 Å². The number of aromatic nitrogens is 3. The second-order valence-electron chi connectivity index (χ2n) is 5.66. The Morgan fingerprint density at radius 3 is 2.62 bits per heavy atom. The first-order valence-electron chi connectivity index (χ1n) is 7.19. The number of nitrogens with two attached hydrogens (primary N) is 1. The number of rotatable bonds is 2. The van der Waals surface area contributed by atoms with Gasteiger partial charge in [0, 0.05) is 19.0 Å². The molecular formula is C15H18N4O2. The van der Waals surface area contributed by atoms with Crippen molar-refractivity contribution >= 4 is 22.8 Å². The van der Waals surface area contributed by atoms with E-state index in [-0.39, 0.29) is 23.3 Å². The first kappa shape index (κ1) is 13.7. The second-order valence-corrected chi connectivity index (χ2v) is 5.66. The molecule has 110 valence electrons. The molecule has 1 saturated carbocycles. The maximum absolute atomic E-state index is 12.4. The number of aryl methyl sites for hydroxylation is 1. The van der Waals surface area contributed by atoms with E-state index in [2.05, 4.69) is 9.97 Å². The van der Waals surface area contributed by atoms with Crippen LogP contribution in [-0.4, -0.2) is 20.3 Å². The molecule has 2 heterocycles. The van der Waals surface area contributed by atoms with Crippen LogP contribution in [0.1, 0.15) is 54.7 Å². The van der Waals surface area contributed by atoms with Crippen molar-refractivity contribution in [2.75, 3.05) is 5.73 Å². The zero-order chi connectivity index (χ0) is 15.1. The summed E-state index contributed by atoms with van der Waals surface area (Å²) in [6.45, 7) is 3.25. The summed E-state index contributed by atoms with van der Waals surface area (Å²) in [6.07, 6.45) is 4.12. The lowest BCUT2D eigenvalue weighted by Crippen LogP contribution is -2.25. The lowest BCUT2D eigenvalue weighted by molar-refractivity contribution is 0.101. The number of ketones is 1. The molecule has 0 aromatic carbocycles. The molecule has 0 unspecified atom stereocenters. The molecule has 21 heavy (non-hydrogen) atoms. The molecule has 0 radical (unpaired) electrons. The zero-order valence-electron chi connectivity index (χ0n) is 12.2. The Bertz CT molecular complexity index is 788. The number of hydrogen-bond donors (Lipinski definition) is 1. The number of anilines is 1. The van der Waals surface area contributed by atoms with Crippen LogP contribution >= 0.6 is 0 Å². The van der Waals surface area contributed by atoms with Crippen molar-refractivity contribution in [3.05, 3.63) is 27.7 Å². The predicted molar refractivity (Wildman–Crippen MR) is 80.5 cm³/mol. The minimum absolute atomic E-state index is 0.0319. The number of pyridine rings is 1. The molecule has 2 aromatic heterocycles. The van der Waals surface area contributed by atoms with Crippen molar-refractivity contribution in [2.24, 2.45) is 0 Å². The third-order valence-corrected chi connectivity index (χ3v) is 4.13. The molecule has 0 spiro atoms. The summed E-state index contributed by atoms with van der Waals surface area (Å²) in [6, 6.07) is 1.70. The van der Waals surface area contributed by atoms with E-state index in [0.717, 1.165) is 31.2 Å². The molecule has 0 bridgehead atoms. The zero-order valence-corrected chi connectivity index (χ0v) is 12.2. The van der Waals surface area contributed by atoms with Gasteiger partial charge in [0.05, 0.1) is 5.39 Å². The van der Waals surface area contributed by atoms with E-state index >= 15 is 0 Å². The monoisotopic (exact) mass is 286 g/mol. The SMILES string of the molecule is CC(=O)c1nc(N)nc2c1c(C)cc(=O)n2C1CCCC1. The highest BCUT2D eigenvalue weighted by Crippen LogP contribution is 2.31. The average Bonchev–Trinajstić information content (AvgIpc) is 2.90. The summed E-state index contributed by atoms with van der Waals surface area (Å²) in [5, 5.41) is 0.642. The molecule has 6 heteroatoms. The molecule has 2 aromatic rings. The molecule has 0 atom stereocenters. The molecule has 0 saturated heterocycles. The summed E-state index contributed by atoms with van der Waals surface area (Å²) in [7, 11) is 0. The van der Waals surface area contributed by atoms with Crippen LogP contribution in [0.2, 0.25) is 0 Å². The van der Waals surface area contributed by atoms with Gasteiger partial charge >= 0.3 is 0 Å². The van der Waals surface area contributed by atoms with Gasteiger partial charge in [-0.1, -0.05) is 12.8 Å². The van der Waals surface area contributed by atoms with Gasteiger partial charge in [-0.25, -0.2) is 4.98 Å². The van der Waals surface area contributed by atoms with Gasteiger partial charge in [0.25, 0.3) is 5.56 Å². The highest BCUT2D eigenvalue weighted by molar-refractivity contribution is 6.05. The smallest absolute Gasteiger partial charge is 0.252 e. The van der Waals surface area contributed by atoms with Crippen molar-refractivity contribution in [1.29, 1.82) is 0 Å². The van der Waals surface area contributed by atoms with Gasteiger partial charge < -0.3 is 5.73 Å². The Hall–Kier alpha value is -2.24. The largest absolute Gasteiger partial charge is 0.368 e. The van der Waals surface area contributed by atoms with Crippen LogP contribution in [0, 0.1) is 6.92 Å². The standard InChI is InChI=1S/C15H18N4O2/c1-8-7-11(21)19(10-5-3-4-6-10)14-12(8)13(9(2)20)17-15(16)18-14/h7,10H,3-6H2,1-2H3,(H2,16,17,18). The first-order chi connectivity index (χ1) is 9.99. The van der Waals surface area contributed by atoms with Crippen LogP contribution in [-0.2, 0) is 0 Å². The molecule has 2 N–H and O–H groups in total. The summed E-state index contributed by atoms with van der Waals surface area (Å²) in [4.78, 5) is 32.6. The Kier molecular flexibility index (Phi) is 3.23. The molecule has 0 aliphatic heterocycles. The van der Waals surface area contributed by atoms with Crippen LogP contribution in [0.5, 0.6) is 0 Å². The maximum atomic E-state index is 12.4. The number of carbonyl (C=O) groups excluding carboxylic acids is 1. The van der Waals surface area contributed by atoms with Crippen molar-refractivity contribution in [3.8, 4) is 0 Å². The highest BCUT2D eigenvalue weighted by atomic mass is 16.1. The van der Waals surface area contributed by atoms with Gasteiger partial charge in [-0.3, -0.25) is 14.2 Å². The van der Waals surface area contributed by atoms with E-state index in [9.17, 15) is 9.59 Å². The lowest BCUT2D eigenvalue weighted by atomic mass is 10.1. The third kappa shape index (κ3) is 2.20. The van der Waals surface area contributed by atoms with Gasteiger partial charge in [-0.15, -0.1) is 0 Å². The fourth-order valence-electron chi connectivity index (χ4n) is 3.20. The predicted octanol–water partition coefficient (Wildman–Crippen LogP) is 2.00. The lowest BCUT2D eigenvalue weighted by Gasteiger charge is -2.18. The van der Waals surface area contributed by atoms with Crippen LogP contribution in [0.15, 0.2) is 10.9 Å². The molecule has 0 amide bonds. The van der Waals surface area contributed by atoms with Gasteiger partial charge in [0.1, 0.15) is 11.3 Å². The molecule has 1 aliphatic carbocycles. The normalized spacial score (nSPS) is 15.7. The van der Waals surface area contributed by atoms with Crippen molar-refractivity contribution < 1.29 is 4.79 Å². The van der Waals surface area contributed by atoms with Gasteiger partial charge in [0.15, 0.2) is 5.78 Å². The maximum Gasteiger partial charge on any atom is 0.252 e. The number of hydrogen-bond acceptors (Lipinski definition) is 5. The fourth-order valence-corrected chi connectivity index (χ4v) is 3.20. The third-order valence-electron chi connectivity index (χ3n) is 4.13. The topological polar surface area (TPSA) is 90.9 Å². The summed E-state index contributed by atoms with van der Waals surface area (Å²) < 4.78 is 1.69. The Labute approximate surface area is 122 Å². The molecular weight excluding hydrogens is 268 g/mol. The van der Waals surface area contributed by atoms with Crippen molar-refractivity contribution in [1.82, 2.24) is 14.5 Å². The Morgan fingerprint density at radius 2 is 2.00 bits per heavy atom. The minimum atomic E-state index is -0.172. The molecule has 1 fully saturated rings. The Morgan fingerprint density at radius 1 is 1.33 bits per heavy atom. The van der Waals surface area contributed by atoms with Crippen LogP contribution in [0.3, 0.4) is 0 Å². The van der Waals surface area contributed by atoms with Crippen molar-refractivity contribution in [3.63, 3.8) is 0 Å². The molecule has 3 rings (SSSR count). The van der Waals surface area contributed by atoms with Crippen LogP contribution in [0.4, 0.5) is 5.95 Å². The number of nitrogen functional groups attached to an aromatic ring is 1. The fraction of sp³-hybridized carbons (Fsp3) is 0.467. The van der Waals surface area contributed by atoms with Gasteiger partial charge in [0.2, 0.25) is 5.95 Å². The van der Waals surface area contributed by atoms with Gasteiger partial charge in [-0.05, 0) is 25.3 Å². The molecule has 1 aliphatic rings. The highest BCUT2D eigenvalue weighted by Gasteiger charge is 2.23. The van der Waals surface area contributed by atoms with Crippen LogP contribution < -0.4 is 11.3 Å². The van der Waals surface area contributed by atoms with Gasteiger partial charge in [-0.2, -0.15) is 4.98 Å². The van der Waals surface area contributed by atoms with Crippen molar-refractivity contribution in [2.45, 2.75) is 45.6 Å². The van der Waals surface area contributed by atoms with E-state index in [4.69, 9.17) is 5.73 Å². The number of nitrogens with zero attached hydrogens (tertiary/aromatic N) is 3. The average molecular weight is 286 g/mol. The summed E-state index contributed by atoms with van der Waals surface area (Å²) in [5.74, 6) is -0.140. The van der Waals surface area contributed by atoms with E-state index in [1.165, 1.54) is 6.92 Å². The van der Waals surface area contributed by atoms with E-state index in [1.54, 1.807) is 17.6 Å². The molecule has 6 nitrogen and oxygen atoms in total. The Balaban J connectivity index is 2.43. The summed E-state index contributed by atoms with van der Waals surface area (Å²) in [5.41, 5.74) is 7.16. The quantitative estimate of drug-likeness (QED) is 0.853. The minimum Gasteiger partial charge on any atom is -0.368 e. The van der Waals surface area contributed by atoms with E-state index in [1.807, 2.05) is 0 Å². The number of fused-ring (bicyclic) bond motifs is 1.